The summed E-state index contributed by atoms with van der Waals surface area (Å²) in [5.41, 5.74) is 1.47. The van der Waals surface area contributed by atoms with Gasteiger partial charge >= 0.3 is 5.97 Å². The van der Waals surface area contributed by atoms with Gasteiger partial charge in [0.05, 0.1) is 21.1 Å². The van der Waals surface area contributed by atoms with E-state index >= 15 is 0 Å². The Morgan fingerprint density at radius 2 is 1.27 bits per heavy atom. The number of aryl methyl sites for hydroxylation is 1. The van der Waals surface area contributed by atoms with Crippen molar-refractivity contribution in [3.8, 4) is 0 Å². The first-order valence-electron chi connectivity index (χ1n) is 15.1. The molecule has 0 saturated heterocycles. The molecule has 0 bridgehead atoms. The van der Waals surface area contributed by atoms with Gasteiger partial charge in [-0.15, -0.1) is 0 Å². The van der Waals surface area contributed by atoms with Crippen molar-refractivity contribution >= 4 is 44.3 Å². The van der Waals surface area contributed by atoms with E-state index in [1.807, 2.05) is 21.1 Å². The molecule has 40 heavy (non-hydrogen) atoms. The third-order valence-corrected chi connectivity index (χ3v) is 7.89. The van der Waals surface area contributed by atoms with Crippen LogP contribution in [0.2, 0.25) is 0 Å². The summed E-state index contributed by atoms with van der Waals surface area (Å²) in [7, 11) is 5.85. The number of ether oxygens (including phenoxy) is 1. The van der Waals surface area contributed by atoms with E-state index < -0.39 is 12.1 Å². The van der Waals surface area contributed by atoms with E-state index in [1.165, 1.54) is 76.4 Å². The normalized spacial score (nSPS) is 12.9. The van der Waals surface area contributed by atoms with Crippen LogP contribution in [0.1, 0.15) is 76.2 Å². The van der Waals surface area contributed by atoms with Crippen LogP contribution in [-0.2, 0) is 20.7 Å². The fraction of sp³-hybridized carbons (Fsp3) is 0.486. The summed E-state index contributed by atoms with van der Waals surface area (Å²) in [6.07, 6.45) is 11.0. The smallest absolute Gasteiger partial charge is 0.306 e. The first-order valence-corrected chi connectivity index (χ1v) is 15.1. The van der Waals surface area contributed by atoms with Crippen LogP contribution >= 0.6 is 0 Å². The predicted octanol–water partition coefficient (Wildman–Crippen LogP) is 6.79. The SMILES string of the molecule is C[N+](C)(C)CC(CC(=O)[O-])OC(=O)CCCCCCCCCCCc1ccc2ccc3cccc4ccc1c2c34. The molecule has 4 aromatic rings. The fourth-order valence-electron chi connectivity index (χ4n) is 6.02. The van der Waals surface area contributed by atoms with E-state index in [9.17, 15) is 14.7 Å². The molecule has 0 N–H and O–H groups in total. The summed E-state index contributed by atoms with van der Waals surface area (Å²) < 4.78 is 5.96. The van der Waals surface area contributed by atoms with Crippen molar-refractivity contribution in [2.45, 2.75) is 83.2 Å². The third kappa shape index (κ3) is 8.41. The number of hydrogen-bond acceptors (Lipinski definition) is 4. The van der Waals surface area contributed by atoms with Crippen LogP contribution in [0.5, 0.6) is 0 Å². The molecule has 0 heterocycles. The zero-order valence-corrected chi connectivity index (χ0v) is 24.5. The molecule has 1 atom stereocenters. The molecule has 0 fully saturated rings. The molecule has 4 rings (SSSR count). The Kier molecular flexibility index (Phi) is 10.4. The Morgan fingerprint density at radius 3 is 1.90 bits per heavy atom. The average molecular weight is 544 g/mol. The van der Waals surface area contributed by atoms with Crippen molar-refractivity contribution in [2.75, 3.05) is 27.7 Å². The van der Waals surface area contributed by atoms with Gasteiger partial charge in [-0.05, 0) is 57.1 Å². The fourth-order valence-corrected chi connectivity index (χ4v) is 6.02. The lowest BCUT2D eigenvalue weighted by Crippen LogP contribution is -2.45. The van der Waals surface area contributed by atoms with Crippen molar-refractivity contribution in [3.05, 3.63) is 60.2 Å². The molecule has 5 heteroatoms. The van der Waals surface area contributed by atoms with E-state index in [0.29, 0.717) is 17.4 Å². The quantitative estimate of drug-likeness (QED) is 0.0637. The molecular formula is C35H45NO4. The monoisotopic (exact) mass is 543 g/mol. The first kappa shape index (κ1) is 29.8. The van der Waals surface area contributed by atoms with E-state index in [0.717, 1.165) is 25.7 Å². The summed E-state index contributed by atoms with van der Waals surface area (Å²) in [5.74, 6) is -1.48. The van der Waals surface area contributed by atoms with Gasteiger partial charge in [0, 0.05) is 18.8 Å². The van der Waals surface area contributed by atoms with Gasteiger partial charge in [-0.3, -0.25) is 4.79 Å². The maximum Gasteiger partial charge on any atom is 0.306 e. The van der Waals surface area contributed by atoms with Gasteiger partial charge in [0.2, 0.25) is 0 Å². The molecule has 0 amide bonds. The lowest BCUT2D eigenvalue weighted by atomic mass is 9.90. The van der Waals surface area contributed by atoms with Crippen LogP contribution in [0.3, 0.4) is 0 Å². The molecule has 4 aromatic carbocycles. The summed E-state index contributed by atoms with van der Waals surface area (Å²) in [6, 6.07) is 20.3. The molecule has 0 aliphatic heterocycles. The molecule has 0 spiro atoms. The van der Waals surface area contributed by atoms with Crippen LogP contribution in [0.25, 0.3) is 32.3 Å². The molecule has 1 unspecified atom stereocenters. The number of aliphatic carboxylic acids is 1. The van der Waals surface area contributed by atoms with E-state index in [1.54, 1.807) is 0 Å². The number of nitrogens with zero attached hydrogens (tertiary/aromatic N) is 1. The minimum Gasteiger partial charge on any atom is -0.550 e. The van der Waals surface area contributed by atoms with E-state index in [4.69, 9.17) is 4.74 Å². The van der Waals surface area contributed by atoms with Crippen LogP contribution in [-0.4, -0.2) is 50.2 Å². The number of esters is 1. The summed E-state index contributed by atoms with van der Waals surface area (Å²) in [4.78, 5) is 23.2. The third-order valence-electron chi connectivity index (χ3n) is 7.89. The van der Waals surface area contributed by atoms with Crippen LogP contribution in [0, 0.1) is 0 Å². The number of carboxylic acids is 1. The number of quaternary nitrogens is 1. The maximum absolute atomic E-state index is 12.2. The van der Waals surface area contributed by atoms with Crippen molar-refractivity contribution < 1.29 is 23.9 Å². The van der Waals surface area contributed by atoms with Crippen molar-refractivity contribution in [3.63, 3.8) is 0 Å². The molecule has 0 aromatic heterocycles. The molecule has 0 saturated carbocycles. The lowest BCUT2D eigenvalue weighted by molar-refractivity contribution is -0.873. The minimum absolute atomic E-state index is 0.250. The van der Waals surface area contributed by atoms with Crippen LogP contribution < -0.4 is 5.11 Å². The van der Waals surface area contributed by atoms with Gasteiger partial charge in [0.25, 0.3) is 0 Å². The minimum atomic E-state index is -1.18. The second-order valence-corrected chi connectivity index (χ2v) is 12.4. The second kappa shape index (κ2) is 13.9. The Balaban J connectivity index is 1.09. The molecule has 5 nitrogen and oxygen atoms in total. The Morgan fingerprint density at radius 1 is 0.725 bits per heavy atom. The number of carboxylic acid groups (broad SMARTS) is 1. The predicted molar refractivity (Wildman–Crippen MR) is 162 cm³/mol. The Labute approximate surface area is 239 Å². The number of rotatable bonds is 17. The molecule has 0 aliphatic carbocycles. The molecular weight excluding hydrogens is 498 g/mol. The number of benzene rings is 4. The largest absolute Gasteiger partial charge is 0.550 e. The van der Waals surface area contributed by atoms with Crippen molar-refractivity contribution in [2.24, 2.45) is 0 Å². The van der Waals surface area contributed by atoms with Crippen molar-refractivity contribution in [1.29, 1.82) is 0 Å². The first-order chi connectivity index (χ1) is 19.2. The zero-order valence-electron chi connectivity index (χ0n) is 24.5. The van der Waals surface area contributed by atoms with E-state index in [2.05, 4.69) is 54.6 Å². The zero-order chi connectivity index (χ0) is 28.5. The summed E-state index contributed by atoms with van der Waals surface area (Å²) in [5, 5.41) is 19.2. The highest BCUT2D eigenvalue weighted by Gasteiger charge is 2.22. The Hall–Kier alpha value is -3.18. The van der Waals surface area contributed by atoms with E-state index in [-0.39, 0.29) is 12.4 Å². The van der Waals surface area contributed by atoms with Gasteiger partial charge < -0.3 is 19.1 Å². The summed E-state index contributed by atoms with van der Waals surface area (Å²) >= 11 is 0. The second-order valence-electron chi connectivity index (χ2n) is 12.4. The van der Waals surface area contributed by atoms with Gasteiger partial charge in [-0.1, -0.05) is 99.5 Å². The topological polar surface area (TPSA) is 66.4 Å². The number of carbonyl (C=O) groups excluding carboxylic acids is 2. The highest BCUT2D eigenvalue weighted by Crippen LogP contribution is 2.36. The number of hydrogen-bond donors (Lipinski definition) is 0. The highest BCUT2D eigenvalue weighted by molar-refractivity contribution is 6.23. The van der Waals surface area contributed by atoms with Crippen LogP contribution in [0.4, 0.5) is 0 Å². The van der Waals surface area contributed by atoms with Crippen LogP contribution in [0.15, 0.2) is 54.6 Å². The number of carbonyl (C=O) groups is 2. The average Bonchev–Trinajstić information content (AvgIpc) is 2.89. The highest BCUT2D eigenvalue weighted by atomic mass is 16.5. The molecule has 0 aliphatic rings. The maximum atomic E-state index is 12.2. The van der Waals surface area contributed by atoms with Gasteiger partial charge in [-0.25, -0.2) is 0 Å². The van der Waals surface area contributed by atoms with Gasteiger partial charge in [0.15, 0.2) is 6.10 Å². The Bertz CT molecular complexity index is 1390. The van der Waals surface area contributed by atoms with Gasteiger partial charge in [-0.2, -0.15) is 0 Å². The lowest BCUT2D eigenvalue weighted by Gasteiger charge is -2.29. The van der Waals surface area contributed by atoms with Crippen molar-refractivity contribution in [1.82, 2.24) is 0 Å². The number of likely N-dealkylation sites (N-methyl/N-ethyl adjacent to an activating group) is 1. The summed E-state index contributed by atoms with van der Waals surface area (Å²) in [6.45, 7) is 0.457. The number of unbranched alkanes of at least 4 members (excludes halogenated alkanes) is 8. The van der Waals surface area contributed by atoms with Gasteiger partial charge in [0.1, 0.15) is 6.54 Å². The standard InChI is InChI=1S/C35H45NO4/c1-36(2,3)25-30(24-32(37)38)40-33(39)17-12-10-8-6-4-5-7-9-11-14-26-18-19-29-21-20-27-15-13-16-28-22-23-31(26)35(29)34(27)28/h13,15-16,18-23,30H,4-12,14,17,24-25H2,1-3H3. The molecule has 0 radical (unpaired) electrons. The molecule has 214 valence electrons.